The van der Waals surface area contributed by atoms with Crippen LogP contribution in [0.25, 0.3) is 21.8 Å². The molecule has 5 rings (SSSR count). The van der Waals surface area contributed by atoms with Gasteiger partial charge >= 0.3 is 0 Å². The second-order valence-corrected chi connectivity index (χ2v) is 11.1. The summed E-state index contributed by atoms with van der Waals surface area (Å²) in [4.78, 5) is 60.4. The van der Waals surface area contributed by atoms with Gasteiger partial charge < -0.3 is 31.2 Å². The summed E-state index contributed by atoms with van der Waals surface area (Å²) in [7, 11) is 0. The lowest BCUT2D eigenvalue weighted by atomic mass is 9.97. The number of fused-ring (bicyclic) bond motifs is 2. The number of benzene rings is 2. The van der Waals surface area contributed by atoms with Gasteiger partial charge in [0, 0.05) is 53.6 Å². The average molecular weight is 591 g/mol. The van der Waals surface area contributed by atoms with Crippen LogP contribution in [0.2, 0.25) is 0 Å². The van der Waals surface area contributed by atoms with Crippen LogP contribution in [-0.2, 0) is 32.0 Å². The number of alkyl halides is 1. The van der Waals surface area contributed by atoms with Gasteiger partial charge in [-0.1, -0.05) is 36.4 Å². The Morgan fingerprint density at radius 3 is 2.45 bits per heavy atom. The summed E-state index contributed by atoms with van der Waals surface area (Å²) in [5, 5.41) is 7.47. The minimum absolute atomic E-state index is 0.208. The van der Waals surface area contributed by atoms with E-state index in [1.807, 2.05) is 61.8 Å². The maximum Gasteiger partial charge on any atom is 0.246 e. The highest BCUT2D eigenvalue weighted by Gasteiger charge is 2.37. The number of amides is 4. The van der Waals surface area contributed by atoms with Crippen LogP contribution in [0.3, 0.4) is 0 Å². The van der Waals surface area contributed by atoms with Gasteiger partial charge in [-0.3, -0.25) is 19.2 Å². The number of aromatic nitrogens is 2. The first-order valence-corrected chi connectivity index (χ1v) is 14.7. The number of rotatable bonds is 10. The zero-order chi connectivity index (χ0) is 29.8. The molecule has 10 nitrogen and oxygen atoms in total. The SMILES string of the molecule is Cc1cccc2c(C[C@H](NC(=O)[C@@H]3CCCCN3C(=O)[C@H](Cc3c[nH]c4ccccc34)NC(=O)CCl)C(N)=O)c[nH]c12. The number of aryl methyl sites for hydroxylation is 1. The molecule has 1 saturated heterocycles. The summed E-state index contributed by atoms with van der Waals surface area (Å²) in [6.07, 6.45) is 5.96. The highest BCUT2D eigenvalue weighted by molar-refractivity contribution is 6.27. The number of primary amides is 1. The fourth-order valence-corrected chi connectivity index (χ4v) is 5.94. The third-order valence-corrected chi connectivity index (χ3v) is 8.28. The van der Waals surface area contributed by atoms with Crippen molar-refractivity contribution in [1.82, 2.24) is 25.5 Å². The molecule has 6 N–H and O–H groups in total. The van der Waals surface area contributed by atoms with Crippen molar-refractivity contribution in [3.05, 3.63) is 71.5 Å². The van der Waals surface area contributed by atoms with Crippen LogP contribution in [-0.4, -0.2) is 69.0 Å². The fraction of sp³-hybridized carbons (Fsp3) is 0.355. The Morgan fingerprint density at radius 1 is 0.952 bits per heavy atom. The van der Waals surface area contributed by atoms with E-state index in [0.29, 0.717) is 19.4 Å². The molecule has 0 saturated carbocycles. The molecule has 0 aliphatic carbocycles. The predicted molar refractivity (Wildman–Crippen MR) is 162 cm³/mol. The molecule has 3 atom stereocenters. The Labute approximate surface area is 248 Å². The number of nitrogens with one attached hydrogen (secondary N) is 4. The number of nitrogens with two attached hydrogens (primary N) is 1. The Hall–Kier alpha value is -4.31. The molecule has 220 valence electrons. The zero-order valence-corrected chi connectivity index (χ0v) is 24.2. The standard InChI is InChI=1S/C31H35ClN6O4/c1-18-7-6-9-22-20(17-35-28(18)22)13-24(29(33)40)37-30(41)26-11-4-5-12-38(26)31(42)25(36-27(39)15-32)14-19-16-34-23-10-3-2-8-21(19)23/h2-3,6-10,16-17,24-26,34-35H,4-5,11-15H2,1H3,(H2,33,40)(H,36,39)(H,37,41)/t24-,25-,26-/m0/s1. The third kappa shape index (κ3) is 6.13. The molecule has 1 fully saturated rings. The van der Waals surface area contributed by atoms with Gasteiger partial charge in [0.15, 0.2) is 0 Å². The Kier molecular flexibility index (Phi) is 8.82. The molecule has 1 aliphatic heterocycles. The Morgan fingerprint density at radius 2 is 1.67 bits per heavy atom. The second-order valence-electron chi connectivity index (χ2n) is 10.8. The van der Waals surface area contributed by atoms with E-state index in [1.165, 1.54) is 4.90 Å². The normalized spacial score (nSPS) is 16.7. The molecule has 4 aromatic rings. The van der Waals surface area contributed by atoms with E-state index in [0.717, 1.165) is 44.9 Å². The lowest BCUT2D eigenvalue weighted by Gasteiger charge is -2.37. The molecule has 2 aromatic heterocycles. The molecule has 4 amide bonds. The molecule has 2 aromatic carbocycles. The van der Waals surface area contributed by atoms with Crippen LogP contribution >= 0.6 is 11.6 Å². The van der Waals surface area contributed by atoms with Crippen LogP contribution in [0, 0.1) is 6.92 Å². The minimum Gasteiger partial charge on any atom is -0.368 e. The molecular formula is C31H35ClN6O4. The van der Waals surface area contributed by atoms with Crippen LogP contribution in [0.1, 0.15) is 36.0 Å². The zero-order valence-electron chi connectivity index (χ0n) is 23.4. The molecule has 1 aliphatic rings. The minimum atomic E-state index is -0.964. The fourth-order valence-electron chi connectivity index (χ4n) is 5.86. The predicted octanol–water partition coefficient (Wildman–Crippen LogP) is 2.82. The number of piperidine rings is 1. The molecular weight excluding hydrogens is 556 g/mol. The highest BCUT2D eigenvalue weighted by atomic mass is 35.5. The van der Waals surface area contributed by atoms with Crippen molar-refractivity contribution in [3.8, 4) is 0 Å². The van der Waals surface area contributed by atoms with Crippen LogP contribution in [0.15, 0.2) is 54.9 Å². The van der Waals surface area contributed by atoms with Crippen LogP contribution in [0.5, 0.6) is 0 Å². The molecule has 3 heterocycles. The molecule has 11 heteroatoms. The van der Waals surface area contributed by atoms with Gasteiger partial charge in [0.25, 0.3) is 0 Å². The van der Waals surface area contributed by atoms with E-state index >= 15 is 0 Å². The van der Waals surface area contributed by atoms with E-state index in [9.17, 15) is 19.2 Å². The van der Waals surface area contributed by atoms with E-state index in [4.69, 9.17) is 17.3 Å². The van der Waals surface area contributed by atoms with Gasteiger partial charge in [-0.2, -0.15) is 0 Å². The van der Waals surface area contributed by atoms with Crippen molar-refractivity contribution >= 4 is 57.0 Å². The number of likely N-dealkylation sites (tertiary alicyclic amines) is 1. The van der Waals surface area contributed by atoms with Gasteiger partial charge in [-0.05, 0) is 48.9 Å². The first kappa shape index (κ1) is 29.2. The lowest BCUT2D eigenvalue weighted by Crippen LogP contribution is -2.60. The van der Waals surface area contributed by atoms with Crippen molar-refractivity contribution in [2.45, 2.75) is 57.2 Å². The number of hydrogen-bond donors (Lipinski definition) is 5. The smallest absolute Gasteiger partial charge is 0.246 e. The quantitative estimate of drug-likeness (QED) is 0.180. The number of H-pyrrole nitrogens is 2. The van der Waals surface area contributed by atoms with Gasteiger partial charge in [0.1, 0.15) is 24.0 Å². The molecule has 42 heavy (non-hydrogen) atoms. The Bertz CT molecular complexity index is 1630. The van der Waals surface area contributed by atoms with Crippen LogP contribution < -0.4 is 16.4 Å². The van der Waals surface area contributed by atoms with E-state index in [1.54, 1.807) is 0 Å². The van der Waals surface area contributed by atoms with Crippen molar-refractivity contribution in [2.75, 3.05) is 12.4 Å². The first-order chi connectivity index (χ1) is 20.3. The largest absolute Gasteiger partial charge is 0.368 e. The molecule has 0 unspecified atom stereocenters. The van der Waals surface area contributed by atoms with Crippen molar-refractivity contribution in [3.63, 3.8) is 0 Å². The second kappa shape index (κ2) is 12.7. The van der Waals surface area contributed by atoms with Crippen LogP contribution in [0.4, 0.5) is 0 Å². The Balaban J connectivity index is 1.35. The maximum atomic E-state index is 14.0. The summed E-state index contributed by atoms with van der Waals surface area (Å²) < 4.78 is 0. The maximum absolute atomic E-state index is 14.0. The van der Waals surface area contributed by atoms with Gasteiger partial charge in [-0.25, -0.2) is 0 Å². The topological polar surface area (TPSA) is 153 Å². The van der Waals surface area contributed by atoms with Gasteiger partial charge in [-0.15, -0.1) is 11.6 Å². The number of carbonyl (C=O) groups is 4. The monoisotopic (exact) mass is 590 g/mol. The van der Waals surface area contributed by atoms with Crippen molar-refractivity contribution in [1.29, 1.82) is 0 Å². The first-order valence-electron chi connectivity index (χ1n) is 14.1. The molecule has 0 radical (unpaired) electrons. The van der Waals surface area contributed by atoms with E-state index in [2.05, 4.69) is 20.6 Å². The number of hydrogen-bond acceptors (Lipinski definition) is 4. The molecule has 0 spiro atoms. The number of para-hydroxylation sites is 2. The van der Waals surface area contributed by atoms with E-state index in [-0.39, 0.29) is 24.6 Å². The lowest BCUT2D eigenvalue weighted by molar-refractivity contribution is -0.145. The summed E-state index contributed by atoms with van der Waals surface area (Å²) in [6.45, 7) is 2.34. The summed E-state index contributed by atoms with van der Waals surface area (Å²) in [5.74, 6) is -2.25. The summed E-state index contributed by atoms with van der Waals surface area (Å²) >= 11 is 5.78. The molecule has 0 bridgehead atoms. The summed E-state index contributed by atoms with van der Waals surface area (Å²) in [6, 6.07) is 10.9. The summed E-state index contributed by atoms with van der Waals surface area (Å²) in [5.41, 5.74) is 10.4. The highest BCUT2D eigenvalue weighted by Crippen LogP contribution is 2.24. The van der Waals surface area contributed by atoms with Gasteiger partial charge in [0.05, 0.1) is 0 Å². The van der Waals surface area contributed by atoms with Gasteiger partial charge in [0.2, 0.25) is 23.6 Å². The number of halogens is 1. The van der Waals surface area contributed by atoms with Crippen molar-refractivity contribution in [2.24, 2.45) is 5.73 Å². The number of nitrogens with zero attached hydrogens (tertiary/aromatic N) is 1. The van der Waals surface area contributed by atoms with Crippen molar-refractivity contribution < 1.29 is 19.2 Å². The average Bonchev–Trinajstić information content (AvgIpc) is 3.60. The van der Waals surface area contributed by atoms with E-state index < -0.39 is 35.8 Å². The number of aromatic amines is 2. The number of carbonyl (C=O) groups excluding carboxylic acids is 4. The third-order valence-electron chi connectivity index (χ3n) is 8.04.